The van der Waals surface area contributed by atoms with Gasteiger partial charge in [0, 0.05) is 22.8 Å². The fraction of sp³-hybridized carbons (Fsp3) is 0.154. The van der Waals surface area contributed by atoms with Crippen LogP contribution in [0.3, 0.4) is 0 Å². The fourth-order valence-corrected chi connectivity index (χ4v) is 2.56. The maximum Gasteiger partial charge on any atom is 0.251 e. The van der Waals surface area contributed by atoms with Crippen LogP contribution in [-0.2, 0) is 0 Å². The number of aromatic amines is 1. The molecule has 0 bridgehead atoms. The van der Waals surface area contributed by atoms with Gasteiger partial charge in [0.2, 0.25) is 0 Å². The molecule has 19 heavy (non-hydrogen) atoms. The molecule has 0 radical (unpaired) electrons. The van der Waals surface area contributed by atoms with Crippen LogP contribution in [0, 0.1) is 0 Å². The molecule has 1 N–H and O–H groups in total. The summed E-state index contributed by atoms with van der Waals surface area (Å²) in [5, 5.41) is 0.591. The number of nitrogens with one attached hydrogen (secondary N) is 1. The molecule has 4 nitrogen and oxygen atoms in total. The summed E-state index contributed by atoms with van der Waals surface area (Å²) in [6.45, 7) is 1.76. The van der Waals surface area contributed by atoms with Gasteiger partial charge < -0.3 is 4.98 Å². The lowest BCUT2D eigenvalue weighted by atomic mass is 10.1. The molecule has 98 valence electrons. The Kier molecular flexibility index (Phi) is 4.39. The Morgan fingerprint density at radius 2 is 2.21 bits per heavy atom. The monoisotopic (exact) mass is 294 g/mol. The van der Waals surface area contributed by atoms with Crippen molar-refractivity contribution in [2.24, 2.45) is 0 Å². The zero-order valence-corrected chi connectivity index (χ0v) is 11.7. The molecule has 2 rings (SSSR count). The second kappa shape index (κ2) is 6.04. The van der Waals surface area contributed by atoms with Crippen LogP contribution < -0.4 is 5.56 Å². The number of rotatable bonds is 4. The second-order valence-corrected chi connectivity index (χ2v) is 5.64. The molecular formula is C13H11ClN2O2S. The molecule has 1 heterocycles. The van der Waals surface area contributed by atoms with Crippen LogP contribution in [0.15, 0.2) is 46.5 Å². The number of halogens is 1. The van der Waals surface area contributed by atoms with Crippen molar-refractivity contribution in [3.05, 3.63) is 57.5 Å². The van der Waals surface area contributed by atoms with E-state index in [0.717, 1.165) is 0 Å². The third-order valence-corrected chi connectivity index (χ3v) is 3.65. The van der Waals surface area contributed by atoms with Crippen molar-refractivity contribution in [1.29, 1.82) is 0 Å². The number of ketones is 1. The molecule has 0 spiro atoms. The Hall–Kier alpha value is -1.59. The smallest absolute Gasteiger partial charge is 0.251 e. The average Bonchev–Trinajstić information content (AvgIpc) is 2.38. The molecular weight excluding hydrogens is 284 g/mol. The topological polar surface area (TPSA) is 62.8 Å². The lowest BCUT2D eigenvalue weighted by molar-refractivity contribution is 0.0994. The molecule has 1 aromatic carbocycles. The molecule has 1 atom stereocenters. The van der Waals surface area contributed by atoms with Crippen LogP contribution in [0.1, 0.15) is 17.3 Å². The molecule has 0 fully saturated rings. The van der Waals surface area contributed by atoms with E-state index in [1.54, 1.807) is 31.2 Å². The van der Waals surface area contributed by atoms with Crippen molar-refractivity contribution in [2.45, 2.75) is 17.3 Å². The Labute approximate surface area is 119 Å². The van der Waals surface area contributed by atoms with Crippen LogP contribution >= 0.6 is 23.4 Å². The van der Waals surface area contributed by atoms with E-state index in [9.17, 15) is 9.59 Å². The first-order valence-corrected chi connectivity index (χ1v) is 6.84. The third kappa shape index (κ3) is 3.68. The highest BCUT2D eigenvalue weighted by atomic mass is 35.5. The predicted molar refractivity (Wildman–Crippen MR) is 76.0 cm³/mol. The lowest BCUT2D eigenvalue weighted by Gasteiger charge is -2.09. The van der Waals surface area contributed by atoms with Crippen LogP contribution in [0.5, 0.6) is 0 Å². The third-order valence-electron chi connectivity index (χ3n) is 2.41. The summed E-state index contributed by atoms with van der Waals surface area (Å²) < 4.78 is 0. The average molecular weight is 295 g/mol. The Morgan fingerprint density at radius 1 is 1.42 bits per heavy atom. The van der Waals surface area contributed by atoms with E-state index in [-0.39, 0.29) is 16.6 Å². The number of thioether (sulfide) groups is 1. The highest BCUT2D eigenvalue weighted by molar-refractivity contribution is 8.00. The predicted octanol–water partition coefficient (Wildman–Crippen LogP) is 2.79. The van der Waals surface area contributed by atoms with Crippen molar-refractivity contribution in [1.82, 2.24) is 9.97 Å². The summed E-state index contributed by atoms with van der Waals surface area (Å²) in [5.74, 6) is -0.0565. The largest absolute Gasteiger partial charge is 0.301 e. The number of carbonyl (C=O) groups excluding carboxylic acids is 1. The quantitative estimate of drug-likeness (QED) is 0.535. The maximum absolute atomic E-state index is 12.2. The first-order valence-electron chi connectivity index (χ1n) is 5.58. The number of hydrogen-bond acceptors (Lipinski definition) is 4. The van der Waals surface area contributed by atoms with Gasteiger partial charge in [-0.2, -0.15) is 0 Å². The summed E-state index contributed by atoms with van der Waals surface area (Å²) in [6, 6.07) is 8.12. The standard InChI is InChI=1S/C13H11ClN2O2S/c1-8(19-13-15-6-5-11(17)16-13)12(18)9-3-2-4-10(14)7-9/h2-8H,1H3,(H,15,16,17). The van der Waals surface area contributed by atoms with E-state index < -0.39 is 0 Å². The molecule has 0 aliphatic rings. The van der Waals surface area contributed by atoms with Gasteiger partial charge >= 0.3 is 0 Å². The first-order chi connectivity index (χ1) is 9.06. The minimum atomic E-state index is -0.357. The SMILES string of the molecule is CC(Sc1nccc(=O)[nH]1)C(=O)c1cccc(Cl)c1. The molecule has 1 unspecified atom stereocenters. The molecule has 6 heteroatoms. The molecule has 0 aliphatic carbocycles. The molecule has 1 aromatic heterocycles. The van der Waals surface area contributed by atoms with E-state index in [4.69, 9.17) is 11.6 Å². The lowest BCUT2D eigenvalue weighted by Crippen LogP contribution is -2.15. The summed E-state index contributed by atoms with van der Waals surface area (Å²) in [4.78, 5) is 29.9. The highest BCUT2D eigenvalue weighted by Crippen LogP contribution is 2.22. The molecule has 2 aromatic rings. The van der Waals surface area contributed by atoms with Gasteiger partial charge in [-0.05, 0) is 19.1 Å². The van der Waals surface area contributed by atoms with Crippen molar-refractivity contribution in [2.75, 3.05) is 0 Å². The first kappa shape index (κ1) is 13.8. The number of nitrogens with zero attached hydrogens (tertiary/aromatic N) is 1. The zero-order valence-electron chi connectivity index (χ0n) is 10.1. The molecule has 0 saturated heterocycles. The highest BCUT2D eigenvalue weighted by Gasteiger charge is 2.17. The molecule has 0 saturated carbocycles. The van der Waals surface area contributed by atoms with Gasteiger partial charge in [0.15, 0.2) is 10.9 Å². The number of hydrogen-bond donors (Lipinski definition) is 1. The van der Waals surface area contributed by atoms with E-state index in [1.807, 2.05) is 0 Å². The van der Waals surface area contributed by atoms with Crippen LogP contribution in [0.25, 0.3) is 0 Å². The molecule has 0 aliphatic heterocycles. The number of carbonyl (C=O) groups is 1. The minimum Gasteiger partial charge on any atom is -0.301 e. The van der Waals surface area contributed by atoms with E-state index in [2.05, 4.69) is 9.97 Å². The summed E-state index contributed by atoms with van der Waals surface area (Å²) in [7, 11) is 0. The Bertz CT molecular complexity index is 657. The second-order valence-electron chi connectivity index (χ2n) is 3.87. The van der Waals surface area contributed by atoms with E-state index in [1.165, 1.54) is 24.0 Å². The summed E-state index contributed by atoms with van der Waals surface area (Å²) in [5.41, 5.74) is 0.311. The van der Waals surface area contributed by atoms with Crippen molar-refractivity contribution >= 4 is 29.1 Å². The number of aromatic nitrogens is 2. The van der Waals surface area contributed by atoms with Crippen LogP contribution in [-0.4, -0.2) is 21.0 Å². The number of benzene rings is 1. The number of Topliss-reactive ketones (excluding diaryl/α,β-unsaturated/α-hetero) is 1. The van der Waals surface area contributed by atoms with Crippen molar-refractivity contribution in [3.63, 3.8) is 0 Å². The normalized spacial score (nSPS) is 12.1. The van der Waals surface area contributed by atoms with Crippen LogP contribution in [0.4, 0.5) is 0 Å². The maximum atomic E-state index is 12.2. The van der Waals surface area contributed by atoms with Gasteiger partial charge in [0.1, 0.15) is 0 Å². The van der Waals surface area contributed by atoms with Gasteiger partial charge in [0.25, 0.3) is 5.56 Å². The van der Waals surface area contributed by atoms with Gasteiger partial charge in [-0.15, -0.1) is 0 Å². The van der Waals surface area contributed by atoms with Crippen molar-refractivity contribution < 1.29 is 4.79 Å². The van der Waals surface area contributed by atoms with E-state index in [0.29, 0.717) is 15.7 Å². The minimum absolute atomic E-state index is 0.0565. The van der Waals surface area contributed by atoms with Gasteiger partial charge in [-0.25, -0.2) is 4.98 Å². The van der Waals surface area contributed by atoms with Gasteiger partial charge in [-0.1, -0.05) is 35.5 Å². The Morgan fingerprint density at radius 3 is 2.89 bits per heavy atom. The number of H-pyrrole nitrogens is 1. The summed E-state index contributed by atoms with van der Waals surface area (Å²) >= 11 is 7.06. The Balaban J connectivity index is 2.14. The van der Waals surface area contributed by atoms with Gasteiger partial charge in [0.05, 0.1) is 5.25 Å². The van der Waals surface area contributed by atoms with Gasteiger partial charge in [-0.3, -0.25) is 9.59 Å². The summed E-state index contributed by atoms with van der Waals surface area (Å²) in [6.07, 6.45) is 1.41. The van der Waals surface area contributed by atoms with E-state index >= 15 is 0 Å². The van der Waals surface area contributed by atoms with Crippen molar-refractivity contribution in [3.8, 4) is 0 Å². The van der Waals surface area contributed by atoms with Crippen LogP contribution in [0.2, 0.25) is 5.02 Å². The zero-order chi connectivity index (χ0) is 13.8. The molecule has 0 amide bonds. The fourth-order valence-electron chi connectivity index (χ4n) is 1.51.